The second kappa shape index (κ2) is 5.98. The minimum absolute atomic E-state index is 0.500. The molecule has 0 amide bonds. The van der Waals surface area contributed by atoms with Gasteiger partial charge in [0.15, 0.2) is 0 Å². The van der Waals surface area contributed by atoms with Gasteiger partial charge >= 0.3 is 0 Å². The maximum atomic E-state index is 9.02. The molecule has 2 aromatic carbocycles. The Morgan fingerprint density at radius 1 is 1.25 bits per heavy atom. The summed E-state index contributed by atoms with van der Waals surface area (Å²) in [6, 6.07) is 15.5. The molecule has 2 N–H and O–H groups in total. The van der Waals surface area contributed by atoms with Crippen molar-refractivity contribution in [3.63, 3.8) is 0 Å². The molecule has 0 atom stereocenters. The summed E-state index contributed by atoms with van der Waals surface area (Å²) in [7, 11) is 3.60. The van der Waals surface area contributed by atoms with E-state index in [1.165, 1.54) is 0 Å². The molecule has 0 aromatic heterocycles. The van der Waals surface area contributed by atoms with Gasteiger partial charge in [-0.25, -0.2) is 0 Å². The van der Waals surface area contributed by atoms with Crippen molar-refractivity contribution >= 4 is 11.4 Å². The number of benzene rings is 2. The Morgan fingerprint density at radius 3 is 2.70 bits per heavy atom. The Morgan fingerprint density at radius 2 is 2.00 bits per heavy atom. The summed E-state index contributed by atoms with van der Waals surface area (Å²) in [4.78, 5) is 2.02. The van der Waals surface area contributed by atoms with E-state index < -0.39 is 0 Å². The molecular weight excluding hydrogens is 250 g/mol. The van der Waals surface area contributed by atoms with E-state index in [-0.39, 0.29) is 0 Å². The average molecular weight is 267 g/mol. The zero-order valence-electron chi connectivity index (χ0n) is 11.6. The summed E-state index contributed by atoms with van der Waals surface area (Å²) < 4.78 is 5.22. The van der Waals surface area contributed by atoms with Gasteiger partial charge in [-0.05, 0) is 29.8 Å². The first-order chi connectivity index (χ1) is 9.65. The van der Waals surface area contributed by atoms with Crippen molar-refractivity contribution in [1.29, 1.82) is 5.26 Å². The number of methoxy groups -OCH3 is 1. The van der Waals surface area contributed by atoms with Crippen LogP contribution in [0.4, 0.5) is 11.4 Å². The lowest BCUT2D eigenvalue weighted by atomic mass is 10.1. The molecule has 0 aliphatic heterocycles. The van der Waals surface area contributed by atoms with Crippen LogP contribution < -0.4 is 15.4 Å². The van der Waals surface area contributed by atoms with E-state index in [9.17, 15) is 0 Å². The molecule has 4 nitrogen and oxygen atoms in total. The summed E-state index contributed by atoms with van der Waals surface area (Å²) in [6.45, 7) is 0.691. The van der Waals surface area contributed by atoms with Crippen molar-refractivity contribution in [2.45, 2.75) is 6.54 Å². The number of hydrogen-bond donors (Lipinski definition) is 1. The second-order valence-electron chi connectivity index (χ2n) is 4.56. The van der Waals surface area contributed by atoms with Gasteiger partial charge in [0.25, 0.3) is 0 Å². The SMILES string of the molecule is COc1cccc(CN(C)c2cccc(C#N)c2N)c1. The molecule has 4 heteroatoms. The van der Waals surface area contributed by atoms with Gasteiger partial charge in [-0.1, -0.05) is 18.2 Å². The van der Waals surface area contributed by atoms with Crippen molar-refractivity contribution in [3.05, 3.63) is 53.6 Å². The highest BCUT2D eigenvalue weighted by Crippen LogP contribution is 2.27. The predicted octanol–water partition coefficient (Wildman–Crippen LogP) is 2.79. The topological polar surface area (TPSA) is 62.3 Å². The molecule has 0 aliphatic carbocycles. The minimum Gasteiger partial charge on any atom is -0.497 e. The Kier molecular flexibility index (Phi) is 4.11. The van der Waals surface area contributed by atoms with E-state index in [4.69, 9.17) is 15.7 Å². The zero-order chi connectivity index (χ0) is 14.5. The molecule has 0 fully saturated rings. The van der Waals surface area contributed by atoms with Gasteiger partial charge in [0.1, 0.15) is 11.8 Å². The van der Waals surface area contributed by atoms with Gasteiger partial charge in [0.05, 0.1) is 24.0 Å². The Balaban J connectivity index is 2.24. The minimum atomic E-state index is 0.500. The summed E-state index contributed by atoms with van der Waals surface area (Å²) in [5, 5.41) is 9.02. The third kappa shape index (κ3) is 2.83. The molecule has 0 heterocycles. The van der Waals surface area contributed by atoms with Crippen LogP contribution in [0.1, 0.15) is 11.1 Å². The van der Waals surface area contributed by atoms with Crippen molar-refractivity contribution in [3.8, 4) is 11.8 Å². The van der Waals surface area contributed by atoms with E-state index in [1.807, 2.05) is 48.3 Å². The number of nitrogen functional groups attached to an aromatic ring is 1. The number of nitriles is 1. The average Bonchev–Trinajstić information content (AvgIpc) is 2.47. The van der Waals surface area contributed by atoms with E-state index in [1.54, 1.807) is 13.2 Å². The highest BCUT2D eigenvalue weighted by atomic mass is 16.5. The molecule has 0 radical (unpaired) electrons. The summed E-state index contributed by atoms with van der Waals surface area (Å²) in [6.07, 6.45) is 0. The fraction of sp³-hybridized carbons (Fsp3) is 0.188. The number of anilines is 2. The highest BCUT2D eigenvalue weighted by molar-refractivity contribution is 5.73. The molecule has 20 heavy (non-hydrogen) atoms. The molecule has 2 aromatic rings. The lowest BCUT2D eigenvalue weighted by Gasteiger charge is -2.21. The highest BCUT2D eigenvalue weighted by Gasteiger charge is 2.09. The van der Waals surface area contributed by atoms with Crippen LogP contribution in [0.3, 0.4) is 0 Å². The number of nitrogens with zero attached hydrogens (tertiary/aromatic N) is 2. The molecule has 0 saturated carbocycles. The molecular formula is C16H17N3O. The smallest absolute Gasteiger partial charge is 0.119 e. The van der Waals surface area contributed by atoms with Crippen molar-refractivity contribution in [2.75, 3.05) is 24.8 Å². The summed E-state index contributed by atoms with van der Waals surface area (Å²) >= 11 is 0. The Labute approximate surface area is 119 Å². The third-order valence-electron chi connectivity index (χ3n) is 3.17. The standard InChI is InChI=1S/C16H17N3O/c1-19(11-12-5-3-7-14(9-12)20-2)15-8-4-6-13(10-17)16(15)18/h3-9H,11,18H2,1-2H3. The molecule has 0 unspecified atom stereocenters. The van der Waals surface area contributed by atoms with E-state index in [0.717, 1.165) is 17.0 Å². The molecule has 0 spiro atoms. The van der Waals surface area contributed by atoms with Crippen LogP contribution in [0, 0.1) is 11.3 Å². The summed E-state index contributed by atoms with van der Waals surface area (Å²) in [5.41, 5.74) is 9.00. The second-order valence-corrected chi connectivity index (χ2v) is 4.56. The lowest BCUT2D eigenvalue weighted by molar-refractivity contribution is 0.414. The monoisotopic (exact) mass is 267 g/mol. The normalized spacial score (nSPS) is 9.85. The number of nitrogens with two attached hydrogens (primary N) is 1. The van der Waals surface area contributed by atoms with Crippen LogP contribution in [0.5, 0.6) is 5.75 Å². The fourth-order valence-electron chi connectivity index (χ4n) is 2.11. The zero-order valence-corrected chi connectivity index (χ0v) is 11.6. The van der Waals surface area contributed by atoms with Gasteiger partial charge in [0, 0.05) is 13.6 Å². The molecule has 0 saturated heterocycles. The fourth-order valence-corrected chi connectivity index (χ4v) is 2.11. The van der Waals surface area contributed by atoms with Crippen molar-refractivity contribution < 1.29 is 4.74 Å². The molecule has 0 bridgehead atoms. The number of hydrogen-bond acceptors (Lipinski definition) is 4. The summed E-state index contributed by atoms with van der Waals surface area (Å²) in [5.74, 6) is 0.828. The van der Waals surface area contributed by atoms with Crippen LogP contribution in [-0.4, -0.2) is 14.2 Å². The Hall–Kier alpha value is -2.67. The molecule has 0 aliphatic rings. The lowest BCUT2D eigenvalue weighted by Crippen LogP contribution is -2.18. The van der Waals surface area contributed by atoms with Gasteiger partial charge in [-0.15, -0.1) is 0 Å². The van der Waals surface area contributed by atoms with Gasteiger partial charge in [-0.2, -0.15) is 5.26 Å². The Bertz CT molecular complexity index is 646. The molecule has 102 valence electrons. The largest absolute Gasteiger partial charge is 0.497 e. The first-order valence-corrected chi connectivity index (χ1v) is 6.28. The van der Waals surface area contributed by atoms with Crippen LogP contribution in [0.2, 0.25) is 0 Å². The first kappa shape index (κ1) is 13.8. The number of rotatable bonds is 4. The maximum Gasteiger partial charge on any atom is 0.119 e. The number of para-hydroxylation sites is 1. The van der Waals surface area contributed by atoms with Crippen LogP contribution in [-0.2, 0) is 6.54 Å². The van der Waals surface area contributed by atoms with Gasteiger partial charge in [-0.3, -0.25) is 0 Å². The quantitative estimate of drug-likeness (QED) is 0.865. The molecule has 2 rings (SSSR count). The van der Waals surface area contributed by atoms with Crippen LogP contribution >= 0.6 is 0 Å². The van der Waals surface area contributed by atoms with Crippen LogP contribution in [0.15, 0.2) is 42.5 Å². The van der Waals surface area contributed by atoms with E-state index >= 15 is 0 Å². The number of ether oxygens (including phenoxy) is 1. The van der Waals surface area contributed by atoms with Gasteiger partial charge < -0.3 is 15.4 Å². The predicted molar refractivity (Wildman–Crippen MR) is 80.7 cm³/mol. The van der Waals surface area contributed by atoms with Crippen molar-refractivity contribution in [1.82, 2.24) is 0 Å². The van der Waals surface area contributed by atoms with E-state index in [0.29, 0.717) is 17.8 Å². The third-order valence-corrected chi connectivity index (χ3v) is 3.17. The first-order valence-electron chi connectivity index (χ1n) is 6.28. The maximum absolute atomic E-state index is 9.02. The van der Waals surface area contributed by atoms with Crippen molar-refractivity contribution in [2.24, 2.45) is 0 Å². The van der Waals surface area contributed by atoms with E-state index in [2.05, 4.69) is 6.07 Å². The van der Waals surface area contributed by atoms with Crippen LogP contribution in [0.25, 0.3) is 0 Å². The van der Waals surface area contributed by atoms with Gasteiger partial charge in [0.2, 0.25) is 0 Å².